The third-order valence-corrected chi connectivity index (χ3v) is 5.75. The minimum Gasteiger partial charge on any atom is -0.318 e. The van der Waals surface area contributed by atoms with Gasteiger partial charge in [0, 0.05) is 40.3 Å². The molecular weight excluding hydrogens is 360 g/mol. The predicted molar refractivity (Wildman–Crippen MR) is 108 cm³/mol. The number of aromatic nitrogens is 1. The molecule has 0 spiro atoms. The molecule has 1 N–H and O–H groups in total. The molecule has 4 rings (SSSR count). The SMILES string of the molecule is Cc1cc([C@H]2NN=C(c3ccccc3)S2)c(C)n1-c1ccc([N+](=O)[O-])cc1. The number of hydrogen-bond donors (Lipinski definition) is 1. The number of hydrogen-bond acceptors (Lipinski definition) is 5. The molecule has 0 saturated heterocycles. The first-order valence-electron chi connectivity index (χ1n) is 8.53. The number of nitro groups is 1. The van der Waals surface area contributed by atoms with Crippen LogP contribution in [0.3, 0.4) is 0 Å². The normalized spacial score (nSPS) is 16.1. The molecule has 6 nitrogen and oxygen atoms in total. The van der Waals surface area contributed by atoms with Gasteiger partial charge in [0.25, 0.3) is 5.69 Å². The van der Waals surface area contributed by atoms with E-state index in [4.69, 9.17) is 0 Å². The third-order valence-electron chi connectivity index (χ3n) is 4.61. The fraction of sp³-hybridized carbons (Fsp3) is 0.150. The van der Waals surface area contributed by atoms with E-state index < -0.39 is 0 Å². The number of thioether (sulfide) groups is 1. The molecule has 1 aliphatic heterocycles. The van der Waals surface area contributed by atoms with E-state index in [1.807, 2.05) is 25.1 Å². The number of non-ortho nitro benzene ring substituents is 1. The molecule has 1 aliphatic rings. The molecule has 2 aromatic carbocycles. The second kappa shape index (κ2) is 6.92. The summed E-state index contributed by atoms with van der Waals surface area (Å²) < 4.78 is 2.11. The Kier molecular flexibility index (Phi) is 4.45. The van der Waals surface area contributed by atoms with Crippen LogP contribution in [0.2, 0.25) is 0 Å². The highest BCUT2D eigenvalue weighted by atomic mass is 32.2. The van der Waals surface area contributed by atoms with Gasteiger partial charge in [-0.05, 0) is 32.0 Å². The summed E-state index contributed by atoms with van der Waals surface area (Å²) in [5.74, 6) is 0. The van der Waals surface area contributed by atoms with Crippen molar-refractivity contribution in [3.63, 3.8) is 0 Å². The van der Waals surface area contributed by atoms with Crippen LogP contribution < -0.4 is 5.43 Å². The lowest BCUT2D eigenvalue weighted by atomic mass is 10.2. The van der Waals surface area contributed by atoms with Crippen molar-refractivity contribution in [1.82, 2.24) is 9.99 Å². The Morgan fingerprint density at radius 3 is 2.48 bits per heavy atom. The van der Waals surface area contributed by atoms with Gasteiger partial charge >= 0.3 is 0 Å². The molecule has 27 heavy (non-hydrogen) atoms. The molecule has 1 atom stereocenters. The predicted octanol–water partition coefficient (Wildman–Crippen LogP) is 4.70. The number of hydrazone groups is 1. The largest absolute Gasteiger partial charge is 0.318 e. The number of rotatable bonds is 4. The topological polar surface area (TPSA) is 72.5 Å². The van der Waals surface area contributed by atoms with E-state index >= 15 is 0 Å². The van der Waals surface area contributed by atoms with Gasteiger partial charge in [-0.1, -0.05) is 42.1 Å². The number of aryl methyl sites for hydroxylation is 1. The highest BCUT2D eigenvalue weighted by Gasteiger charge is 2.26. The van der Waals surface area contributed by atoms with Crippen molar-refractivity contribution in [3.8, 4) is 5.69 Å². The van der Waals surface area contributed by atoms with Crippen molar-refractivity contribution >= 4 is 22.5 Å². The summed E-state index contributed by atoms with van der Waals surface area (Å²) in [6.07, 6.45) is 0. The van der Waals surface area contributed by atoms with Crippen molar-refractivity contribution in [3.05, 3.63) is 93.3 Å². The Bertz CT molecular complexity index is 1030. The van der Waals surface area contributed by atoms with E-state index in [1.165, 1.54) is 12.1 Å². The monoisotopic (exact) mass is 378 g/mol. The standard InChI is InChI=1S/C20H18N4O2S/c1-13-12-18(20-22-21-19(27-20)15-6-4-3-5-7-15)14(2)23(13)16-8-10-17(11-9-16)24(25)26/h3-12,20,22H,1-2H3/t20-/m0/s1. The second-order valence-corrected chi connectivity index (χ2v) is 7.44. The molecule has 2 heterocycles. The summed E-state index contributed by atoms with van der Waals surface area (Å²) in [4.78, 5) is 10.5. The van der Waals surface area contributed by atoms with Crippen LogP contribution in [-0.2, 0) is 0 Å². The Labute approximate surface area is 161 Å². The summed E-state index contributed by atoms with van der Waals surface area (Å²) in [5, 5.41) is 16.4. The van der Waals surface area contributed by atoms with Crippen LogP contribution in [0.15, 0.2) is 65.8 Å². The first-order valence-corrected chi connectivity index (χ1v) is 9.41. The Hall–Kier alpha value is -3.06. The van der Waals surface area contributed by atoms with Gasteiger partial charge in [-0.3, -0.25) is 15.5 Å². The van der Waals surface area contributed by atoms with Crippen molar-refractivity contribution in [2.75, 3.05) is 0 Å². The minimum atomic E-state index is -0.383. The van der Waals surface area contributed by atoms with Gasteiger partial charge in [0.2, 0.25) is 0 Å². The van der Waals surface area contributed by atoms with E-state index in [9.17, 15) is 10.1 Å². The molecule has 3 aromatic rings. The van der Waals surface area contributed by atoms with Gasteiger partial charge in [-0.2, -0.15) is 5.10 Å². The van der Waals surface area contributed by atoms with Crippen molar-refractivity contribution in [2.24, 2.45) is 5.10 Å². The van der Waals surface area contributed by atoms with Gasteiger partial charge in [0.05, 0.1) is 4.92 Å². The lowest BCUT2D eigenvalue weighted by molar-refractivity contribution is -0.384. The van der Waals surface area contributed by atoms with Crippen molar-refractivity contribution in [1.29, 1.82) is 0 Å². The van der Waals surface area contributed by atoms with E-state index in [0.717, 1.165) is 33.2 Å². The van der Waals surface area contributed by atoms with Crippen molar-refractivity contribution < 1.29 is 4.92 Å². The van der Waals surface area contributed by atoms with E-state index in [0.29, 0.717) is 0 Å². The smallest absolute Gasteiger partial charge is 0.269 e. The summed E-state index contributed by atoms with van der Waals surface area (Å²) >= 11 is 1.69. The maximum absolute atomic E-state index is 10.9. The maximum Gasteiger partial charge on any atom is 0.269 e. The lowest BCUT2D eigenvalue weighted by Crippen LogP contribution is -2.08. The highest BCUT2D eigenvalue weighted by molar-refractivity contribution is 8.14. The molecule has 1 aromatic heterocycles. The zero-order valence-electron chi connectivity index (χ0n) is 14.9. The molecule has 136 valence electrons. The average molecular weight is 378 g/mol. The quantitative estimate of drug-likeness (QED) is 0.528. The highest BCUT2D eigenvalue weighted by Crippen LogP contribution is 2.37. The van der Waals surface area contributed by atoms with Crippen LogP contribution in [-0.4, -0.2) is 14.5 Å². The van der Waals surface area contributed by atoms with E-state index in [2.05, 4.69) is 40.2 Å². The number of nitrogens with zero attached hydrogens (tertiary/aromatic N) is 3. The van der Waals surface area contributed by atoms with Crippen LogP contribution in [0, 0.1) is 24.0 Å². The van der Waals surface area contributed by atoms with Crippen LogP contribution in [0.5, 0.6) is 0 Å². The molecular formula is C20H18N4O2S. The van der Waals surface area contributed by atoms with Crippen LogP contribution in [0.1, 0.15) is 27.9 Å². The van der Waals surface area contributed by atoms with Gasteiger partial charge in [0.1, 0.15) is 10.4 Å². The Morgan fingerprint density at radius 2 is 1.81 bits per heavy atom. The molecule has 0 saturated carbocycles. The van der Waals surface area contributed by atoms with Crippen LogP contribution in [0.25, 0.3) is 5.69 Å². The lowest BCUT2D eigenvalue weighted by Gasteiger charge is -2.12. The molecule has 0 amide bonds. The molecule has 7 heteroatoms. The fourth-order valence-electron chi connectivity index (χ4n) is 3.30. The second-order valence-electron chi connectivity index (χ2n) is 6.35. The molecule has 0 fully saturated rings. The number of nitro benzene ring substituents is 1. The zero-order chi connectivity index (χ0) is 19.0. The Balaban J connectivity index is 1.61. The van der Waals surface area contributed by atoms with Gasteiger partial charge in [0.15, 0.2) is 0 Å². The van der Waals surface area contributed by atoms with Crippen molar-refractivity contribution in [2.45, 2.75) is 19.2 Å². The molecule has 0 aliphatic carbocycles. The fourth-order valence-corrected chi connectivity index (χ4v) is 4.37. The average Bonchev–Trinajstić information content (AvgIpc) is 3.27. The third kappa shape index (κ3) is 3.21. The molecule has 0 radical (unpaired) electrons. The van der Waals surface area contributed by atoms with Gasteiger partial charge < -0.3 is 4.57 Å². The summed E-state index contributed by atoms with van der Waals surface area (Å²) in [6.45, 7) is 4.10. The maximum atomic E-state index is 10.9. The zero-order valence-corrected chi connectivity index (χ0v) is 15.7. The summed E-state index contributed by atoms with van der Waals surface area (Å²) in [6, 6.07) is 18.9. The van der Waals surface area contributed by atoms with Crippen LogP contribution in [0.4, 0.5) is 5.69 Å². The van der Waals surface area contributed by atoms with Gasteiger partial charge in [-0.15, -0.1) is 0 Å². The minimum absolute atomic E-state index is 0.0400. The summed E-state index contributed by atoms with van der Waals surface area (Å²) in [5.41, 5.74) is 8.66. The van der Waals surface area contributed by atoms with Gasteiger partial charge in [-0.25, -0.2) is 0 Å². The number of nitrogens with one attached hydrogen (secondary N) is 1. The summed E-state index contributed by atoms with van der Waals surface area (Å²) in [7, 11) is 0. The van der Waals surface area contributed by atoms with Crippen LogP contribution >= 0.6 is 11.8 Å². The molecule has 0 unspecified atom stereocenters. The van der Waals surface area contributed by atoms with E-state index in [1.54, 1.807) is 23.9 Å². The molecule has 0 bridgehead atoms. The Morgan fingerprint density at radius 1 is 1.11 bits per heavy atom. The van der Waals surface area contributed by atoms with E-state index in [-0.39, 0.29) is 16.0 Å². The first-order chi connectivity index (χ1) is 13.0. The number of benzene rings is 2. The first kappa shape index (κ1) is 17.4.